The number of anilines is 2. The SMILES string of the molecule is Nc1c2c(nc3ccccc13)CCCC2CCCCCCCCCCC1CCCc2nc3ccccc3c(N)c21. The molecular formula is C36H46N4. The zero-order valence-electron chi connectivity index (χ0n) is 24.1. The summed E-state index contributed by atoms with van der Waals surface area (Å²) < 4.78 is 0. The summed E-state index contributed by atoms with van der Waals surface area (Å²) in [6.45, 7) is 0. The highest BCUT2D eigenvalue weighted by molar-refractivity contribution is 5.93. The summed E-state index contributed by atoms with van der Waals surface area (Å²) >= 11 is 0. The number of aromatic nitrogens is 2. The molecule has 210 valence electrons. The molecule has 2 heterocycles. The molecule has 6 rings (SSSR count). The highest BCUT2D eigenvalue weighted by Crippen LogP contribution is 2.42. The number of nitrogens with zero attached hydrogens (tertiary/aromatic N) is 2. The Morgan fingerprint density at radius 1 is 0.550 bits per heavy atom. The van der Waals surface area contributed by atoms with Gasteiger partial charge in [0.25, 0.3) is 0 Å². The van der Waals surface area contributed by atoms with Crippen molar-refractivity contribution in [2.24, 2.45) is 0 Å². The van der Waals surface area contributed by atoms with E-state index in [0.29, 0.717) is 11.8 Å². The Morgan fingerprint density at radius 3 is 1.40 bits per heavy atom. The monoisotopic (exact) mass is 534 g/mol. The largest absolute Gasteiger partial charge is 0.398 e. The van der Waals surface area contributed by atoms with Crippen LogP contribution < -0.4 is 11.5 Å². The number of pyridine rings is 2. The number of para-hydroxylation sites is 2. The molecule has 0 radical (unpaired) electrons. The second-order valence-corrected chi connectivity index (χ2v) is 12.4. The van der Waals surface area contributed by atoms with Crippen LogP contribution in [0.5, 0.6) is 0 Å². The number of unbranched alkanes of at least 4 members (excludes halogenated alkanes) is 7. The minimum Gasteiger partial charge on any atom is -0.398 e. The smallest absolute Gasteiger partial charge is 0.0726 e. The second-order valence-electron chi connectivity index (χ2n) is 12.4. The first-order chi connectivity index (χ1) is 19.7. The number of nitrogens with two attached hydrogens (primary N) is 2. The molecule has 2 aromatic carbocycles. The summed E-state index contributed by atoms with van der Waals surface area (Å²) in [5.41, 5.74) is 22.7. The zero-order chi connectivity index (χ0) is 27.3. The topological polar surface area (TPSA) is 77.8 Å². The standard InChI is InChI=1S/C36H46N4/c37-35-27-19-9-11-21-29(27)39-31-23-13-17-25(33(31)35)15-7-5-3-1-2-4-6-8-16-26-18-14-24-32-34(26)36(38)28-20-10-12-22-30(28)40-32/h9-12,19-22,25-26H,1-8,13-18,23-24H2,(H2,37,39)(H2,38,40). The molecule has 2 atom stereocenters. The molecule has 4 heteroatoms. The number of nitrogen functional groups attached to an aromatic ring is 2. The van der Waals surface area contributed by atoms with E-state index in [1.165, 1.54) is 112 Å². The summed E-state index contributed by atoms with van der Waals surface area (Å²) in [6, 6.07) is 16.7. The average Bonchev–Trinajstić information content (AvgIpc) is 2.98. The predicted molar refractivity (Wildman–Crippen MR) is 170 cm³/mol. The Morgan fingerprint density at radius 2 is 0.950 bits per heavy atom. The molecule has 2 aliphatic carbocycles. The van der Waals surface area contributed by atoms with Crippen molar-refractivity contribution in [2.75, 3.05) is 11.5 Å². The lowest BCUT2D eigenvalue weighted by atomic mass is 9.80. The van der Waals surface area contributed by atoms with Crippen LogP contribution in [-0.2, 0) is 12.8 Å². The van der Waals surface area contributed by atoms with Crippen molar-refractivity contribution in [2.45, 2.75) is 115 Å². The Bertz CT molecular complexity index is 1350. The minimum absolute atomic E-state index is 0.591. The highest BCUT2D eigenvalue weighted by Gasteiger charge is 2.26. The van der Waals surface area contributed by atoms with E-state index in [4.69, 9.17) is 21.4 Å². The van der Waals surface area contributed by atoms with Crippen molar-refractivity contribution >= 4 is 33.2 Å². The molecular weight excluding hydrogens is 488 g/mol. The fourth-order valence-electron chi connectivity index (χ4n) is 7.64. The van der Waals surface area contributed by atoms with Crippen molar-refractivity contribution < 1.29 is 0 Å². The van der Waals surface area contributed by atoms with Gasteiger partial charge in [0.15, 0.2) is 0 Å². The van der Waals surface area contributed by atoms with E-state index in [9.17, 15) is 0 Å². The Balaban J connectivity index is 0.903. The maximum absolute atomic E-state index is 6.69. The van der Waals surface area contributed by atoms with Crippen molar-refractivity contribution in [3.05, 3.63) is 71.0 Å². The quantitative estimate of drug-likeness (QED) is 0.188. The molecule has 4 aromatic rings. The van der Waals surface area contributed by atoms with Gasteiger partial charge < -0.3 is 11.5 Å². The average molecular weight is 535 g/mol. The van der Waals surface area contributed by atoms with Gasteiger partial charge in [0.05, 0.1) is 11.0 Å². The Hall–Kier alpha value is -3.14. The number of rotatable bonds is 11. The fraction of sp³-hybridized carbons (Fsp3) is 0.500. The van der Waals surface area contributed by atoms with Crippen LogP contribution in [0.4, 0.5) is 11.4 Å². The number of hydrogen-bond donors (Lipinski definition) is 2. The molecule has 4 N–H and O–H groups in total. The van der Waals surface area contributed by atoms with Crippen LogP contribution in [0.3, 0.4) is 0 Å². The van der Waals surface area contributed by atoms with Crippen molar-refractivity contribution in [1.82, 2.24) is 9.97 Å². The normalized spacial score (nSPS) is 18.6. The molecule has 2 aliphatic rings. The van der Waals surface area contributed by atoms with Gasteiger partial charge in [0.1, 0.15) is 0 Å². The first-order valence-corrected chi connectivity index (χ1v) is 16.0. The van der Waals surface area contributed by atoms with E-state index in [-0.39, 0.29) is 0 Å². The molecule has 0 saturated carbocycles. The molecule has 0 fully saturated rings. The van der Waals surface area contributed by atoms with Gasteiger partial charge in [-0.3, -0.25) is 9.97 Å². The maximum atomic E-state index is 6.69. The van der Waals surface area contributed by atoms with Crippen LogP contribution in [0.2, 0.25) is 0 Å². The molecule has 4 nitrogen and oxygen atoms in total. The van der Waals surface area contributed by atoms with Crippen molar-refractivity contribution in [1.29, 1.82) is 0 Å². The fourth-order valence-corrected chi connectivity index (χ4v) is 7.64. The van der Waals surface area contributed by atoms with Gasteiger partial charge in [0, 0.05) is 44.7 Å². The van der Waals surface area contributed by atoms with Gasteiger partial charge in [-0.15, -0.1) is 0 Å². The van der Waals surface area contributed by atoms with E-state index in [0.717, 1.165) is 46.0 Å². The van der Waals surface area contributed by atoms with Gasteiger partial charge in [-0.05, 0) is 75.3 Å². The molecule has 0 amide bonds. The first-order valence-electron chi connectivity index (χ1n) is 16.0. The molecule has 0 bridgehead atoms. The van der Waals surface area contributed by atoms with Crippen LogP contribution in [0.1, 0.15) is 124 Å². The summed E-state index contributed by atoms with van der Waals surface area (Å²) in [4.78, 5) is 9.98. The molecule has 0 aliphatic heterocycles. The third kappa shape index (κ3) is 5.68. The third-order valence-electron chi connectivity index (χ3n) is 9.71. The highest BCUT2D eigenvalue weighted by atomic mass is 14.8. The molecule has 2 unspecified atom stereocenters. The maximum Gasteiger partial charge on any atom is 0.0726 e. The molecule has 0 saturated heterocycles. The summed E-state index contributed by atoms with van der Waals surface area (Å²) in [6.07, 6.45) is 20.4. The van der Waals surface area contributed by atoms with Crippen LogP contribution in [-0.4, -0.2) is 9.97 Å². The van der Waals surface area contributed by atoms with E-state index in [1.807, 2.05) is 0 Å². The van der Waals surface area contributed by atoms with Crippen molar-refractivity contribution in [3.63, 3.8) is 0 Å². The number of hydrogen-bond acceptors (Lipinski definition) is 4. The lowest BCUT2D eigenvalue weighted by Gasteiger charge is -2.27. The van der Waals surface area contributed by atoms with E-state index >= 15 is 0 Å². The predicted octanol–water partition coefficient (Wildman–Crippen LogP) is 9.39. The summed E-state index contributed by atoms with van der Waals surface area (Å²) in [5.74, 6) is 1.18. The second kappa shape index (κ2) is 12.6. The number of benzene rings is 2. The minimum atomic E-state index is 0.591. The van der Waals surface area contributed by atoms with E-state index < -0.39 is 0 Å². The third-order valence-corrected chi connectivity index (χ3v) is 9.71. The van der Waals surface area contributed by atoms with Crippen LogP contribution in [0, 0.1) is 0 Å². The number of aryl methyl sites for hydroxylation is 2. The van der Waals surface area contributed by atoms with Crippen molar-refractivity contribution in [3.8, 4) is 0 Å². The van der Waals surface area contributed by atoms with Gasteiger partial charge in [-0.2, -0.15) is 0 Å². The van der Waals surface area contributed by atoms with Gasteiger partial charge in [-0.1, -0.05) is 87.8 Å². The molecule has 0 spiro atoms. The lowest BCUT2D eigenvalue weighted by molar-refractivity contribution is 0.469. The lowest BCUT2D eigenvalue weighted by Crippen LogP contribution is -2.15. The van der Waals surface area contributed by atoms with Gasteiger partial charge >= 0.3 is 0 Å². The Kier molecular flexibility index (Phi) is 8.51. The summed E-state index contributed by atoms with van der Waals surface area (Å²) in [5, 5.41) is 2.27. The summed E-state index contributed by atoms with van der Waals surface area (Å²) in [7, 11) is 0. The van der Waals surface area contributed by atoms with Crippen LogP contribution in [0.15, 0.2) is 48.5 Å². The molecule has 40 heavy (non-hydrogen) atoms. The van der Waals surface area contributed by atoms with E-state index in [1.54, 1.807) is 0 Å². The zero-order valence-corrected chi connectivity index (χ0v) is 24.1. The number of fused-ring (bicyclic) bond motifs is 4. The van der Waals surface area contributed by atoms with Crippen LogP contribution in [0.25, 0.3) is 21.8 Å². The molecule has 2 aromatic heterocycles. The Labute approximate surface area is 240 Å². The van der Waals surface area contributed by atoms with Gasteiger partial charge in [0.2, 0.25) is 0 Å². The first kappa shape index (κ1) is 27.1. The van der Waals surface area contributed by atoms with Gasteiger partial charge in [-0.25, -0.2) is 0 Å². The van der Waals surface area contributed by atoms with E-state index in [2.05, 4.69) is 48.5 Å². The van der Waals surface area contributed by atoms with Crippen LogP contribution >= 0.6 is 0 Å².